The SMILES string of the molecule is CC1=Cc2c(CCc3cc(C)cc4c3C=C(C)C4)cc(C)cc2C1. The molecule has 0 amide bonds. The van der Waals surface area contributed by atoms with Gasteiger partial charge in [-0.1, -0.05) is 58.7 Å². The summed E-state index contributed by atoms with van der Waals surface area (Å²) in [6, 6.07) is 9.51. The zero-order chi connectivity index (χ0) is 16.8. The van der Waals surface area contributed by atoms with Crippen LogP contribution >= 0.6 is 0 Å². The molecule has 4 rings (SSSR count). The molecule has 122 valence electrons. The predicted molar refractivity (Wildman–Crippen MR) is 104 cm³/mol. The number of rotatable bonds is 3. The molecular formula is C24H26. The molecule has 2 aliphatic rings. The monoisotopic (exact) mass is 314 g/mol. The summed E-state index contributed by atoms with van der Waals surface area (Å²) >= 11 is 0. The second-order valence-electron chi connectivity index (χ2n) is 7.83. The Morgan fingerprint density at radius 2 is 1.04 bits per heavy atom. The van der Waals surface area contributed by atoms with Gasteiger partial charge in [0, 0.05) is 0 Å². The average Bonchev–Trinajstić information content (AvgIpc) is 3.05. The first-order valence-electron chi connectivity index (χ1n) is 9.09. The molecule has 0 spiro atoms. The number of fused-ring (bicyclic) bond motifs is 2. The molecule has 0 N–H and O–H groups in total. The molecule has 0 saturated carbocycles. The number of benzene rings is 2. The van der Waals surface area contributed by atoms with Gasteiger partial charge in [-0.25, -0.2) is 0 Å². The third-order valence-corrected chi connectivity index (χ3v) is 5.38. The largest absolute Gasteiger partial charge is 0.0683 e. The summed E-state index contributed by atoms with van der Waals surface area (Å²) in [6.07, 6.45) is 9.33. The first kappa shape index (κ1) is 15.4. The fraction of sp³-hybridized carbons (Fsp3) is 0.333. The fourth-order valence-corrected chi connectivity index (χ4v) is 4.45. The second-order valence-corrected chi connectivity index (χ2v) is 7.83. The smallest absolute Gasteiger partial charge is 0.00604 e. The van der Waals surface area contributed by atoms with Crippen molar-refractivity contribution in [3.63, 3.8) is 0 Å². The van der Waals surface area contributed by atoms with Crippen LogP contribution < -0.4 is 0 Å². The molecule has 2 aliphatic carbocycles. The van der Waals surface area contributed by atoms with Crippen molar-refractivity contribution >= 4 is 12.2 Å². The topological polar surface area (TPSA) is 0 Å². The summed E-state index contributed by atoms with van der Waals surface area (Å²) in [6.45, 7) is 8.96. The van der Waals surface area contributed by atoms with E-state index in [-0.39, 0.29) is 0 Å². The zero-order valence-corrected chi connectivity index (χ0v) is 15.3. The number of allylic oxidation sites excluding steroid dienone is 2. The Bertz CT molecular complexity index is 815. The Morgan fingerprint density at radius 3 is 1.46 bits per heavy atom. The van der Waals surface area contributed by atoms with Crippen LogP contribution in [-0.4, -0.2) is 0 Å². The number of hydrogen-bond acceptors (Lipinski definition) is 0. The van der Waals surface area contributed by atoms with E-state index in [1.54, 1.807) is 0 Å². The highest BCUT2D eigenvalue weighted by Crippen LogP contribution is 2.32. The highest BCUT2D eigenvalue weighted by Gasteiger charge is 2.17. The molecule has 0 fully saturated rings. The van der Waals surface area contributed by atoms with Gasteiger partial charge < -0.3 is 0 Å². The molecule has 0 radical (unpaired) electrons. The minimum Gasteiger partial charge on any atom is -0.0683 e. The summed E-state index contributed by atoms with van der Waals surface area (Å²) in [4.78, 5) is 0. The van der Waals surface area contributed by atoms with Crippen molar-refractivity contribution in [1.82, 2.24) is 0 Å². The lowest BCUT2D eigenvalue weighted by molar-refractivity contribution is 0.944. The normalized spacial score (nSPS) is 15.2. The van der Waals surface area contributed by atoms with Crippen molar-refractivity contribution < 1.29 is 0 Å². The molecule has 0 bridgehead atoms. The molecular weight excluding hydrogens is 288 g/mol. The summed E-state index contributed by atoms with van der Waals surface area (Å²) in [5, 5.41) is 0. The Labute approximate surface area is 145 Å². The number of aryl methyl sites for hydroxylation is 4. The van der Waals surface area contributed by atoms with Gasteiger partial charge in [0.2, 0.25) is 0 Å². The molecule has 0 heterocycles. The van der Waals surface area contributed by atoms with Gasteiger partial charge in [0.15, 0.2) is 0 Å². The molecule has 0 atom stereocenters. The van der Waals surface area contributed by atoms with Crippen LogP contribution in [-0.2, 0) is 25.7 Å². The standard InChI is InChI=1S/C24H26/c1-15-7-19(23-13-17(3)11-21(23)9-15)5-6-20-8-16(2)10-22-12-18(4)14-24(20)22/h7-10,13-14H,5-6,11-12H2,1-4H3. The summed E-state index contributed by atoms with van der Waals surface area (Å²) in [7, 11) is 0. The molecule has 0 saturated heterocycles. The Balaban J connectivity index is 1.66. The van der Waals surface area contributed by atoms with E-state index >= 15 is 0 Å². The van der Waals surface area contributed by atoms with E-state index in [0.717, 1.165) is 25.7 Å². The summed E-state index contributed by atoms with van der Waals surface area (Å²) in [5.41, 5.74) is 14.9. The molecule has 2 aromatic carbocycles. The average molecular weight is 314 g/mol. The van der Waals surface area contributed by atoms with E-state index in [9.17, 15) is 0 Å². The van der Waals surface area contributed by atoms with Crippen molar-refractivity contribution in [3.05, 3.63) is 79.9 Å². The Hall–Kier alpha value is -2.08. The van der Waals surface area contributed by atoms with E-state index in [1.165, 1.54) is 55.7 Å². The van der Waals surface area contributed by atoms with Crippen LogP contribution in [0.2, 0.25) is 0 Å². The van der Waals surface area contributed by atoms with E-state index in [2.05, 4.69) is 64.1 Å². The molecule has 0 nitrogen and oxygen atoms in total. The third-order valence-electron chi connectivity index (χ3n) is 5.38. The highest BCUT2D eigenvalue weighted by atomic mass is 14.2. The lowest BCUT2D eigenvalue weighted by Crippen LogP contribution is -2.00. The minimum absolute atomic E-state index is 1.13. The van der Waals surface area contributed by atoms with Crippen LogP contribution in [0.25, 0.3) is 12.2 Å². The van der Waals surface area contributed by atoms with Crippen LogP contribution in [0.5, 0.6) is 0 Å². The Kier molecular flexibility index (Phi) is 3.72. The first-order chi connectivity index (χ1) is 11.5. The Morgan fingerprint density at radius 1 is 0.625 bits per heavy atom. The van der Waals surface area contributed by atoms with Crippen LogP contribution in [0, 0.1) is 13.8 Å². The molecule has 2 aromatic rings. The fourth-order valence-electron chi connectivity index (χ4n) is 4.45. The van der Waals surface area contributed by atoms with Crippen LogP contribution in [0.1, 0.15) is 58.4 Å². The lowest BCUT2D eigenvalue weighted by Gasteiger charge is -2.13. The van der Waals surface area contributed by atoms with Crippen LogP contribution in [0.3, 0.4) is 0 Å². The van der Waals surface area contributed by atoms with Gasteiger partial charge in [-0.05, 0) is 86.8 Å². The van der Waals surface area contributed by atoms with Gasteiger partial charge in [-0.2, -0.15) is 0 Å². The molecule has 0 unspecified atom stereocenters. The zero-order valence-electron chi connectivity index (χ0n) is 15.3. The maximum absolute atomic E-state index is 2.40. The van der Waals surface area contributed by atoms with Gasteiger partial charge >= 0.3 is 0 Å². The number of hydrogen-bond donors (Lipinski definition) is 0. The van der Waals surface area contributed by atoms with Gasteiger partial charge in [0.25, 0.3) is 0 Å². The van der Waals surface area contributed by atoms with Gasteiger partial charge in [-0.15, -0.1) is 0 Å². The quantitative estimate of drug-likeness (QED) is 0.651. The molecule has 0 heteroatoms. The van der Waals surface area contributed by atoms with Crippen molar-refractivity contribution in [1.29, 1.82) is 0 Å². The van der Waals surface area contributed by atoms with Gasteiger partial charge in [0.1, 0.15) is 0 Å². The minimum atomic E-state index is 1.13. The van der Waals surface area contributed by atoms with E-state index in [4.69, 9.17) is 0 Å². The van der Waals surface area contributed by atoms with E-state index in [1.807, 2.05) is 0 Å². The lowest BCUT2D eigenvalue weighted by atomic mass is 9.92. The maximum atomic E-state index is 2.40. The van der Waals surface area contributed by atoms with Crippen molar-refractivity contribution in [2.45, 2.75) is 53.4 Å². The van der Waals surface area contributed by atoms with Crippen molar-refractivity contribution in [2.24, 2.45) is 0 Å². The third kappa shape index (κ3) is 2.75. The molecule has 0 aromatic heterocycles. The summed E-state index contributed by atoms with van der Waals surface area (Å²) in [5.74, 6) is 0. The van der Waals surface area contributed by atoms with Crippen molar-refractivity contribution in [2.75, 3.05) is 0 Å². The molecule has 24 heavy (non-hydrogen) atoms. The first-order valence-corrected chi connectivity index (χ1v) is 9.09. The van der Waals surface area contributed by atoms with Crippen molar-refractivity contribution in [3.8, 4) is 0 Å². The van der Waals surface area contributed by atoms with E-state index < -0.39 is 0 Å². The van der Waals surface area contributed by atoms with Gasteiger partial charge in [-0.3, -0.25) is 0 Å². The maximum Gasteiger partial charge on any atom is -0.00604 e. The molecule has 0 aliphatic heterocycles. The van der Waals surface area contributed by atoms with E-state index in [0.29, 0.717) is 0 Å². The summed E-state index contributed by atoms with van der Waals surface area (Å²) < 4.78 is 0. The predicted octanol–water partition coefficient (Wildman–Crippen LogP) is 6.01. The van der Waals surface area contributed by atoms with Gasteiger partial charge in [0.05, 0.1) is 0 Å². The highest BCUT2D eigenvalue weighted by molar-refractivity contribution is 5.69. The van der Waals surface area contributed by atoms with Crippen LogP contribution in [0.15, 0.2) is 35.4 Å². The second kappa shape index (κ2) is 5.77. The van der Waals surface area contributed by atoms with Crippen LogP contribution in [0.4, 0.5) is 0 Å².